The third-order valence-corrected chi connectivity index (χ3v) is 11.0. The predicted molar refractivity (Wildman–Crippen MR) is 213 cm³/mol. The fraction of sp³-hybridized carbons (Fsp3) is 0.375. The summed E-state index contributed by atoms with van der Waals surface area (Å²) in [6, 6.07) is 22.2. The van der Waals surface area contributed by atoms with Crippen LogP contribution in [0.2, 0.25) is 0 Å². The van der Waals surface area contributed by atoms with Crippen molar-refractivity contribution in [2.75, 3.05) is 39.4 Å². The van der Waals surface area contributed by atoms with Gasteiger partial charge >= 0.3 is 17.6 Å². The Morgan fingerprint density at radius 1 is 1.07 bits per heavy atom. The number of thiazole rings is 1. The molecule has 0 unspecified atom stereocenters. The molecule has 320 valence electrons. The minimum Gasteiger partial charge on any atom is -0.741 e. The number of alkyl halides is 3. The largest absolute Gasteiger partial charge is 0.741 e. The van der Waals surface area contributed by atoms with Crippen LogP contribution in [0.3, 0.4) is 0 Å². The summed E-state index contributed by atoms with van der Waals surface area (Å²) in [5.41, 5.74) is 1.71. The summed E-state index contributed by atoms with van der Waals surface area (Å²) in [6.07, 6.45) is 6.80. The van der Waals surface area contributed by atoms with Gasteiger partial charge in [-0.3, -0.25) is 0 Å². The summed E-state index contributed by atoms with van der Waals surface area (Å²) < 4.78 is 80.1. The zero-order valence-electron chi connectivity index (χ0n) is 32.7. The highest BCUT2D eigenvalue weighted by Gasteiger charge is 2.37. The van der Waals surface area contributed by atoms with Crippen molar-refractivity contribution in [1.29, 1.82) is 0 Å². The van der Waals surface area contributed by atoms with Crippen LogP contribution in [-0.4, -0.2) is 89.8 Å². The number of benzene rings is 3. The van der Waals surface area contributed by atoms with E-state index in [4.69, 9.17) is 37.4 Å². The molecule has 1 fully saturated rings. The number of aromatic nitrogens is 4. The summed E-state index contributed by atoms with van der Waals surface area (Å²) in [6.45, 7) is 3.71. The smallest absolute Gasteiger partial charge is 0.485 e. The van der Waals surface area contributed by atoms with Gasteiger partial charge in [0.2, 0.25) is 0 Å². The molecule has 2 aromatic heterocycles. The highest BCUT2D eigenvalue weighted by atomic mass is 32.2. The maximum absolute atomic E-state index is 12.1. The molecule has 3 aromatic carbocycles. The Morgan fingerprint density at radius 2 is 1.87 bits per heavy atom. The number of ether oxygens (including phenoxy) is 3. The van der Waals surface area contributed by atoms with Crippen molar-refractivity contribution in [1.82, 2.24) is 30.4 Å². The number of aryl methyl sites for hydroxylation is 4. The number of urea groups is 1. The van der Waals surface area contributed by atoms with Gasteiger partial charge in [-0.15, -0.1) is 20.7 Å². The third-order valence-electron chi connectivity index (χ3n) is 9.55. The number of rotatable bonds is 16. The Bertz CT molecular complexity index is 2360. The molecular weight excluding hydrogens is 828 g/mol. The lowest BCUT2D eigenvalue weighted by Gasteiger charge is -2.16. The highest BCUT2D eigenvalue weighted by Crippen LogP contribution is 2.35. The predicted octanol–water partition coefficient (Wildman–Crippen LogP) is 5.24. The Morgan fingerprint density at radius 3 is 2.62 bits per heavy atom. The summed E-state index contributed by atoms with van der Waals surface area (Å²) in [5, 5.41) is 13.4. The lowest BCUT2D eigenvalue weighted by Crippen LogP contribution is -2.35. The fourth-order valence-electron chi connectivity index (χ4n) is 6.32. The highest BCUT2D eigenvalue weighted by molar-refractivity contribution is 7.86. The number of fused-ring (bicyclic) bond motifs is 1. The Hall–Kier alpha value is -5.73. The minimum absolute atomic E-state index is 0.0626. The molecule has 0 saturated carbocycles. The van der Waals surface area contributed by atoms with E-state index < -0.39 is 21.7 Å². The second-order valence-corrected chi connectivity index (χ2v) is 16.1. The average Bonchev–Trinajstić information content (AvgIpc) is 4.04. The van der Waals surface area contributed by atoms with Crippen LogP contribution in [0.1, 0.15) is 40.9 Å². The Labute approximate surface area is 348 Å². The number of hydrogen-bond acceptors (Lipinski definition) is 11. The number of carbonyl (C=O) groups is 2. The SMILES string of the molecule is C[n+]1nn(-c2ccc(-c3nc(CCc4ccc5c(c4)OCC5)cs3)c(OCCN3CCNC3=O)c2)cc1CCCCNC(=O)OCc1ccccc1.O=S(=O)([O-])C(F)(F)F. The molecule has 2 aliphatic rings. The van der Waals surface area contributed by atoms with Crippen LogP contribution < -0.4 is 24.8 Å². The number of amides is 3. The number of unbranched alkanes of at least 4 members (excludes halogenated alkanes) is 1. The van der Waals surface area contributed by atoms with Crippen LogP contribution in [0.25, 0.3) is 16.3 Å². The number of carbonyl (C=O) groups excluding carboxylic acids is 2. The molecule has 0 radical (unpaired) electrons. The van der Waals surface area contributed by atoms with Crippen molar-refractivity contribution in [3.63, 3.8) is 0 Å². The van der Waals surface area contributed by atoms with Crippen molar-refractivity contribution < 1.29 is 54.6 Å². The third kappa shape index (κ3) is 12.2. The first-order chi connectivity index (χ1) is 28.7. The normalized spacial score (nSPS) is 13.6. The molecule has 7 rings (SSSR count). The van der Waals surface area contributed by atoms with Crippen molar-refractivity contribution in [3.05, 3.63) is 106 Å². The number of nitrogens with zero attached hydrogens (tertiary/aromatic N) is 5. The van der Waals surface area contributed by atoms with Crippen molar-refractivity contribution >= 4 is 33.6 Å². The van der Waals surface area contributed by atoms with Gasteiger partial charge in [0, 0.05) is 43.9 Å². The number of halogens is 3. The molecule has 0 atom stereocenters. The van der Waals surface area contributed by atoms with E-state index in [2.05, 4.69) is 34.2 Å². The minimum atomic E-state index is -6.09. The molecule has 3 amide bonds. The maximum atomic E-state index is 12.1. The quantitative estimate of drug-likeness (QED) is 0.0576. The van der Waals surface area contributed by atoms with Gasteiger partial charge in [-0.25, -0.2) is 23.0 Å². The van der Waals surface area contributed by atoms with Gasteiger partial charge in [0.15, 0.2) is 27.7 Å². The van der Waals surface area contributed by atoms with Crippen LogP contribution in [0.5, 0.6) is 11.5 Å². The van der Waals surface area contributed by atoms with E-state index in [1.807, 2.05) is 71.1 Å². The van der Waals surface area contributed by atoms with Crippen molar-refractivity contribution in [2.45, 2.75) is 50.6 Å². The topological polar surface area (TPSA) is 181 Å². The number of hydrogen-bond donors (Lipinski definition) is 2. The first kappa shape index (κ1) is 43.8. The fourth-order valence-corrected chi connectivity index (χ4v) is 7.21. The first-order valence-corrected chi connectivity index (χ1v) is 21.4. The van der Waals surface area contributed by atoms with E-state index in [-0.39, 0.29) is 12.6 Å². The summed E-state index contributed by atoms with van der Waals surface area (Å²) in [7, 11) is -4.15. The summed E-state index contributed by atoms with van der Waals surface area (Å²) >= 11 is 1.60. The molecule has 0 aliphatic carbocycles. The van der Waals surface area contributed by atoms with E-state index in [1.54, 1.807) is 16.2 Å². The lowest BCUT2D eigenvalue weighted by molar-refractivity contribution is -0.738. The molecule has 60 heavy (non-hydrogen) atoms. The van der Waals surface area contributed by atoms with E-state index in [0.29, 0.717) is 38.5 Å². The van der Waals surface area contributed by atoms with Crippen molar-refractivity contribution in [2.24, 2.45) is 7.05 Å². The molecule has 1 saturated heterocycles. The van der Waals surface area contributed by atoms with Gasteiger partial charge in [0.05, 0.1) is 29.6 Å². The molecule has 15 nitrogen and oxygen atoms in total. The molecule has 5 aromatic rings. The molecule has 20 heteroatoms. The van der Waals surface area contributed by atoms with Gasteiger partial charge in [0.25, 0.3) is 0 Å². The molecule has 0 spiro atoms. The first-order valence-electron chi connectivity index (χ1n) is 19.1. The average molecular weight is 872 g/mol. The molecule has 2 N–H and O–H groups in total. The summed E-state index contributed by atoms with van der Waals surface area (Å²) in [4.78, 5) is 31.0. The van der Waals surface area contributed by atoms with E-state index in [9.17, 15) is 22.8 Å². The Balaban J connectivity index is 0.000000686. The zero-order chi connectivity index (χ0) is 42.7. The number of nitrogens with one attached hydrogen (secondary N) is 2. The van der Waals surface area contributed by atoms with Crippen LogP contribution >= 0.6 is 11.3 Å². The van der Waals surface area contributed by atoms with Crippen LogP contribution in [0.4, 0.5) is 22.8 Å². The van der Waals surface area contributed by atoms with E-state index in [0.717, 1.165) is 84.1 Å². The van der Waals surface area contributed by atoms with Crippen LogP contribution in [0.15, 0.2) is 78.3 Å². The number of alkyl carbamates (subject to hydrolysis) is 1. The summed E-state index contributed by atoms with van der Waals surface area (Å²) in [5.74, 6) is 1.70. The van der Waals surface area contributed by atoms with Gasteiger partial charge in [-0.1, -0.05) is 42.5 Å². The van der Waals surface area contributed by atoms with Gasteiger partial charge in [0.1, 0.15) is 36.8 Å². The maximum Gasteiger partial charge on any atom is 0.485 e. The van der Waals surface area contributed by atoms with Crippen molar-refractivity contribution in [3.8, 4) is 27.8 Å². The van der Waals surface area contributed by atoms with Crippen LogP contribution in [0, 0.1) is 0 Å². The van der Waals surface area contributed by atoms with Gasteiger partial charge in [-0.05, 0) is 60.6 Å². The molecular formula is C40H44F3N7O8S2. The van der Waals surface area contributed by atoms with Crippen LogP contribution in [-0.2, 0) is 54.2 Å². The Kier molecular flexibility index (Phi) is 14.6. The molecule has 2 aliphatic heterocycles. The molecule has 0 bridgehead atoms. The second-order valence-electron chi connectivity index (χ2n) is 13.9. The zero-order valence-corrected chi connectivity index (χ0v) is 34.3. The lowest BCUT2D eigenvalue weighted by atomic mass is 10.1. The monoisotopic (exact) mass is 871 g/mol. The standard InChI is InChI=1S/C39H43N7O5S.CHF3O3S/c1-44-33(9-5-6-17-41-39(48)51-26-29-7-3-2-4-8-29)25-46(43-44)32-14-15-34(36(24-32)50-22-20-45-19-18-40-38(45)47)37-42-31(27-52-37)13-11-28-10-12-30-16-21-49-35(30)23-28;2-1(3,4)8(5,6)7/h2-4,7-8,10,12,14-15,23-25,27H,5-6,9,11,13,16-22,26H2,1H3,(H-,40,41,47,48);(H,5,6,7). The molecule has 4 heterocycles. The van der Waals surface area contributed by atoms with Gasteiger partial charge in [-0.2, -0.15) is 13.2 Å². The van der Waals surface area contributed by atoms with Gasteiger partial charge < -0.3 is 34.3 Å². The van der Waals surface area contributed by atoms with E-state index >= 15 is 0 Å². The van der Waals surface area contributed by atoms with E-state index in [1.165, 1.54) is 11.1 Å². The second kappa shape index (κ2) is 20.0.